The Balaban J connectivity index is 1.55. The van der Waals surface area contributed by atoms with Crippen LogP contribution in [-0.2, 0) is 19.1 Å². The van der Waals surface area contributed by atoms with E-state index in [1.54, 1.807) is 7.11 Å². The van der Waals surface area contributed by atoms with Crippen molar-refractivity contribution < 1.29 is 23.9 Å². The average Bonchev–Trinajstić information content (AvgIpc) is 3.42. The van der Waals surface area contributed by atoms with E-state index in [0.29, 0.717) is 5.92 Å². The first-order chi connectivity index (χ1) is 14.0. The molecule has 2 aliphatic rings. The number of hydrogen-bond donors (Lipinski definition) is 2. The molecule has 2 fully saturated rings. The third kappa shape index (κ3) is 5.95. The van der Waals surface area contributed by atoms with Crippen molar-refractivity contribution in [2.75, 3.05) is 13.7 Å². The molecule has 2 aliphatic carbocycles. The van der Waals surface area contributed by atoms with Crippen LogP contribution in [0.15, 0.2) is 24.3 Å². The molecular formula is C22H30N2O5. The fourth-order valence-electron chi connectivity index (χ4n) is 4.03. The summed E-state index contributed by atoms with van der Waals surface area (Å²) in [5.74, 6) is 0.103. The van der Waals surface area contributed by atoms with E-state index in [2.05, 4.69) is 10.6 Å². The lowest BCUT2D eigenvalue weighted by Crippen LogP contribution is -2.46. The Morgan fingerprint density at radius 2 is 1.66 bits per heavy atom. The Morgan fingerprint density at radius 1 is 1.00 bits per heavy atom. The summed E-state index contributed by atoms with van der Waals surface area (Å²) in [6.07, 6.45) is 5.96. The van der Waals surface area contributed by atoms with E-state index in [-0.39, 0.29) is 30.4 Å². The molecule has 0 aromatic heterocycles. The van der Waals surface area contributed by atoms with E-state index >= 15 is 0 Å². The molecule has 7 heteroatoms. The highest BCUT2D eigenvalue weighted by Gasteiger charge is 2.35. The van der Waals surface area contributed by atoms with Gasteiger partial charge in [-0.1, -0.05) is 25.0 Å². The number of benzene rings is 1. The average molecular weight is 402 g/mol. The lowest BCUT2D eigenvalue weighted by molar-refractivity contribution is -0.153. The Bertz CT molecular complexity index is 723. The van der Waals surface area contributed by atoms with Crippen molar-refractivity contribution >= 4 is 17.8 Å². The minimum Gasteiger partial charge on any atom is -0.497 e. The Kier molecular flexibility index (Phi) is 7.12. The predicted octanol–water partition coefficient (Wildman–Crippen LogP) is 2.50. The summed E-state index contributed by atoms with van der Waals surface area (Å²) in [6, 6.07) is 6.85. The zero-order chi connectivity index (χ0) is 20.8. The molecule has 3 rings (SSSR count). The normalized spacial score (nSPS) is 18.6. The summed E-state index contributed by atoms with van der Waals surface area (Å²) in [5.41, 5.74) is 1.01. The van der Waals surface area contributed by atoms with E-state index in [0.717, 1.165) is 49.8 Å². The van der Waals surface area contributed by atoms with Crippen molar-refractivity contribution in [3.8, 4) is 5.75 Å². The van der Waals surface area contributed by atoms with Gasteiger partial charge in [0, 0.05) is 6.92 Å². The predicted molar refractivity (Wildman–Crippen MR) is 107 cm³/mol. The van der Waals surface area contributed by atoms with E-state index < -0.39 is 12.0 Å². The van der Waals surface area contributed by atoms with Gasteiger partial charge in [-0.3, -0.25) is 9.59 Å². The third-order valence-corrected chi connectivity index (χ3v) is 5.71. The molecule has 29 heavy (non-hydrogen) atoms. The van der Waals surface area contributed by atoms with Crippen LogP contribution in [0.5, 0.6) is 5.75 Å². The van der Waals surface area contributed by atoms with E-state index in [1.165, 1.54) is 6.92 Å². The number of esters is 1. The molecule has 158 valence electrons. The quantitative estimate of drug-likeness (QED) is 0.619. The van der Waals surface area contributed by atoms with Crippen LogP contribution in [-0.4, -0.2) is 37.5 Å². The molecule has 0 bridgehead atoms. The number of nitrogens with one attached hydrogen (secondary N) is 2. The molecule has 0 aliphatic heterocycles. The van der Waals surface area contributed by atoms with E-state index in [9.17, 15) is 14.4 Å². The van der Waals surface area contributed by atoms with E-state index in [1.807, 2.05) is 24.3 Å². The first kappa shape index (κ1) is 21.1. The van der Waals surface area contributed by atoms with E-state index in [4.69, 9.17) is 9.47 Å². The highest BCUT2D eigenvalue weighted by Crippen LogP contribution is 2.41. The van der Waals surface area contributed by atoms with Crippen LogP contribution in [0, 0.1) is 11.8 Å². The molecule has 1 aromatic rings. The summed E-state index contributed by atoms with van der Waals surface area (Å²) in [4.78, 5) is 36.4. The van der Waals surface area contributed by atoms with Crippen LogP contribution in [0.25, 0.3) is 0 Å². The second kappa shape index (κ2) is 9.76. The molecule has 0 saturated heterocycles. The van der Waals surface area contributed by atoms with Gasteiger partial charge in [0.25, 0.3) is 5.91 Å². The molecule has 0 spiro atoms. The monoisotopic (exact) mass is 402 g/mol. The van der Waals surface area contributed by atoms with Crippen molar-refractivity contribution in [3.05, 3.63) is 29.8 Å². The maximum atomic E-state index is 12.5. The molecule has 0 heterocycles. The minimum atomic E-state index is -0.677. The van der Waals surface area contributed by atoms with Gasteiger partial charge < -0.3 is 20.1 Å². The van der Waals surface area contributed by atoms with Crippen LogP contribution in [0.2, 0.25) is 0 Å². The number of amides is 2. The van der Waals surface area contributed by atoms with Gasteiger partial charge in [-0.15, -0.1) is 0 Å². The second-order valence-corrected chi connectivity index (χ2v) is 7.99. The molecule has 2 atom stereocenters. The molecule has 7 nitrogen and oxygen atoms in total. The van der Waals surface area contributed by atoms with Gasteiger partial charge in [0.2, 0.25) is 5.91 Å². The van der Waals surface area contributed by atoms with Crippen LogP contribution in [0.1, 0.15) is 57.1 Å². The molecule has 1 aromatic carbocycles. The number of ether oxygens (including phenoxy) is 2. The van der Waals surface area contributed by atoms with Crippen LogP contribution in [0.3, 0.4) is 0 Å². The fraction of sp³-hybridized carbons (Fsp3) is 0.591. The molecular weight excluding hydrogens is 372 g/mol. The fourth-order valence-corrected chi connectivity index (χ4v) is 4.03. The summed E-state index contributed by atoms with van der Waals surface area (Å²) >= 11 is 0. The summed E-state index contributed by atoms with van der Waals surface area (Å²) in [6.45, 7) is 1.04. The number of carbonyl (C=O) groups is 3. The number of rotatable bonds is 9. The third-order valence-electron chi connectivity index (χ3n) is 5.71. The van der Waals surface area contributed by atoms with Gasteiger partial charge in [0.1, 0.15) is 11.8 Å². The maximum absolute atomic E-state index is 12.5. The summed E-state index contributed by atoms with van der Waals surface area (Å²) in [7, 11) is 1.61. The van der Waals surface area contributed by atoms with Gasteiger partial charge in [0.05, 0.1) is 13.2 Å². The number of methoxy groups -OCH3 is 1. The standard InChI is InChI=1S/C22H30N2O5/c1-14(25)23-21(15-5-3-4-6-15)22(27)29-13-19(26)24-20(16-7-8-16)17-9-11-18(28-2)12-10-17/h9-12,15-16,20-21H,3-8,13H2,1-2H3,(H,23,25)(H,24,26). The zero-order valence-electron chi connectivity index (χ0n) is 17.1. The first-order valence-corrected chi connectivity index (χ1v) is 10.3. The molecule has 2 amide bonds. The maximum Gasteiger partial charge on any atom is 0.329 e. The Hall–Kier alpha value is -2.57. The van der Waals surface area contributed by atoms with Gasteiger partial charge in [-0.25, -0.2) is 4.79 Å². The van der Waals surface area contributed by atoms with Gasteiger partial charge in [0.15, 0.2) is 6.61 Å². The first-order valence-electron chi connectivity index (χ1n) is 10.3. The highest BCUT2D eigenvalue weighted by atomic mass is 16.5. The van der Waals surface area contributed by atoms with Crippen molar-refractivity contribution in [2.45, 2.75) is 57.5 Å². The van der Waals surface area contributed by atoms with Crippen molar-refractivity contribution in [1.82, 2.24) is 10.6 Å². The second-order valence-electron chi connectivity index (χ2n) is 7.99. The zero-order valence-corrected chi connectivity index (χ0v) is 17.1. The number of carbonyl (C=O) groups excluding carboxylic acids is 3. The topological polar surface area (TPSA) is 93.7 Å². The largest absolute Gasteiger partial charge is 0.497 e. The van der Waals surface area contributed by atoms with Crippen LogP contribution < -0.4 is 15.4 Å². The Labute approximate surface area is 171 Å². The van der Waals surface area contributed by atoms with Crippen molar-refractivity contribution in [2.24, 2.45) is 11.8 Å². The SMILES string of the molecule is COc1ccc(C(NC(=O)COC(=O)C(NC(C)=O)C2CCCC2)C2CC2)cc1. The van der Waals surface area contributed by atoms with Crippen molar-refractivity contribution in [3.63, 3.8) is 0 Å². The van der Waals surface area contributed by atoms with Gasteiger partial charge in [-0.2, -0.15) is 0 Å². The van der Waals surface area contributed by atoms with Gasteiger partial charge in [-0.05, 0) is 55.2 Å². The molecule has 2 saturated carbocycles. The van der Waals surface area contributed by atoms with Gasteiger partial charge >= 0.3 is 5.97 Å². The lowest BCUT2D eigenvalue weighted by atomic mass is 9.98. The molecule has 0 radical (unpaired) electrons. The summed E-state index contributed by atoms with van der Waals surface area (Å²) in [5, 5.41) is 5.69. The minimum absolute atomic E-state index is 0.0768. The van der Waals surface area contributed by atoms with Crippen LogP contribution in [0.4, 0.5) is 0 Å². The lowest BCUT2D eigenvalue weighted by Gasteiger charge is -2.23. The molecule has 2 unspecified atom stereocenters. The van der Waals surface area contributed by atoms with Crippen LogP contribution >= 0.6 is 0 Å². The smallest absolute Gasteiger partial charge is 0.329 e. The summed E-state index contributed by atoms with van der Waals surface area (Å²) < 4.78 is 10.5. The number of hydrogen-bond acceptors (Lipinski definition) is 5. The highest BCUT2D eigenvalue weighted by molar-refractivity contribution is 5.86. The Morgan fingerprint density at radius 3 is 2.21 bits per heavy atom. The van der Waals surface area contributed by atoms with Crippen molar-refractivity contribution in [1.29, 1.82) is 0 Å². The molecule has 2 N–H and O–H groups in total.